The van der Waals surface area contributed by atoms with Gasteiger partial charge < -0.3 is 20.1 Å². The Bertz CT molecular complexity index is 1140. The van der Waals surface area contributed by atoms with E-state index in [1.807, 2.05) is 36.4 Å². The highest BCUT2D eigenvalue weighted by atomic mass is 16.5. The van der Waals surface area contributed by atoms with E-state index in [1.54, 1.807) is 6.92 Å². The van der Waals surface area contributed by atoms with E-state index in [-0.39, 0.29) is 18.9 Å². The molecule has 7 nitrogen and oxygen atoms in total. The zero-order valence-corrected chi connectivity index (χ0v) is 19.3. The normalized spacial score (nSPS) is 19.4. The summed E-state index contributed by atoms with van der Waals surface area (Å²) < 4.78 is 5.58. The molecule has 1 unspecified atom stereocenters. The largest absolute Gasteiger partial charge is 0.480 e. The summed E-state index contributed by atoms with van der Waals surface area (Å²) in [6, 6.07) is 15.1. The lowest BCUT2D eigenvalue weighted by Crippen LogP contribution is -2.57. The van der Waals surface area contributed by atoms with Crippen molar-refractivity contribution in [2.45, 2.75) is 50.6 Å². The van der Waals surface area contributed by atoms with Gasteiger partial charge in [0, 0.05) is 18.9 Å². The number of hydrogen-bond acceptors (Lipinski definition) is 4. The van der Waals surface area contributed by atoms with Crippen molar-refractivity contribution in [2.24, 2.45) is 0 Å². The number of fused-ring (bicyclic) bond motifs is 3. The second kappa shape index (κ2) is 9.60. The third-order valence-corrected chi connectivity index (χ3v) is 6.78. The van der Waals surface area contributed by atoms with Crippen molar-refractivity contribution in [3.63, 3.8) is 0 Å². The molecule has 2 amide bonds. The first kappa shape index (κ1) is 23.4. The Morgan fingerprint density at radius 3 is 2.35 bits per heavy atom. The standard InChI is InChI=1S/C27H28N2O5/c1-3-4-14-23(24(30)29-16-9-15-27(29,2)25(31)32)28-26(33)34-17-22-20-12-7-5-10-18(20)19-11-6-8-13-21(19)22/h5-8,10-13,22-23H,9,14-17H2,1-2H3,(H,28,33)(H,31,32)/t23?,27-/m1/s1. The maximum Gasteiger partial charge on any atom is 0.407 e. The second-order valence-electron chi connectivity index (χ2n) is 8.83. The number of hydrogen-bond donors (Lipinski definition) is 2. The van der Waals surface area contributed by atoms with Gasteiger partial charge in [-0.25, -0.2) is 9.59 Å². The van der Waals surface area contributed by atoms with Crippen LogP contribution in [0.25, 0.3) is 11.1 Å². The summed E-state index contributed by atoms with van der Waals surface area (Å²) in [5, 5.41) is 12.3. The summed E-state index contributed by atoms with van der Waals surface area (Å²) in [5.41, 5.74) is 3.14. The van der Waals surface area contributed by atoms with Crippen LogP contribution in [0.2, 0.25) is 0 Å². The first-order valence-corrected chi connectivity index (χ1v) is 11.4. The maximum absolute atomic E-state index is 13.2. The van der Waals surface area contributed by atoms with Gasteiger partial charge in [0.15, 0.2) is 0 Å². The molecule has 0 spiro atoms. The SMILES string of the molecule is CC#CCC(NC(=O)OCC1c2ccccc2-c2ccccc21)C(=O)N1CCC[C@]1(C)C(=O)O. The van der Waals surface area contributed by atoms with Crippen LogP contribution >= 0.6 is 0 Å². The van der Waals surface area contributed by atoms with Crippen molar-refractivity contribution < 1.29 is 24.2 Å². The Hall–Kier alpha value is -3.79. The van der Waals surface area contributed by atoms with Crippen LogP contribution in [0.4, 0.5) is 4.79 Å². The smallest absolute Gasteiger partial charge is 0.407 e. The van der Waals surface area contributed by atoms with Crippen molar-refractivity contribution in [2.75, 3.05) is 13.2 Å². The van der Waals surface area contributed by atoms with Gasteiger partial charge in [-0.3, -0.25) is 4.79 Å². The highest BCUT2D eigenvalue weighted by Crippen LogP contribution is 2.44. The van der Waals surface area contributed by atoms with E-state index in [1.165, 1.54) is 11.8 Å². The number of nitrogens with zero attached hydrogens (tertiary/aromatic N) is 1. The number of alkyl carbamates (subject to hydrolysis) is 1. The van der Waals surface area contributed by atoms with Gasteiger partial charge in [-0.05, 0) is 48.9 Å². The molecule has 4 rings (SSSR count). The number of rotatable bonds is 6. The number of likely N-dealkylation sites (tertiary alicyclic amines) is 1. The minimum absolute atomic E-state index is 0.0751. The van der Waals surface area contributed by atoms with Crippen LogP contribution in [0, 0.1) is 11.8 Å². The molecule has 34 heavy (non-hydrogen) atoms. The van der Waals surface area contributed by atoms with E-state index in [4.69, 9.17) is 4.74 Å². The fraction of sp³-hybridized carbons (Fsp3) is 0.370. The van der Waals surface area contributed by atoms with Crippen LogP contribution in [0.1, 0.15) is 50.2 Å². The van der Waals surface area contributed by atoms with Gasteiger partial charge in [0.05, 0.1) is 0 Å². The average molecular weight is 461 g/mol. The minimum atomic E-state index is -1.29. The number of carbonyl (C=O) groups is 3. The topological polar surface area (TPSA) is 95.9 Å². The van der Waals surface area contributed by atoms with Crippen molar-refractivity contribution in [3.8, 4) is 23.0 Å². The first-order chi connectivity index (χ1) is 16.4. The summed E-state index contributed by atoms with van der Waals surface area (Å²) in [6.45, 7) is 3.63. The van der Waals surface area contributed by atoms with Gasteiger partial charge in [-0.15, -0.1) is 11.8 Å². The van der Waals surface area contributed by atoms with Gasteiger partial charge in [0.2, 0.25) is 5.91 Å². The minimum Gasteiger partial charge on any atom is -0.480 e. The van der Waals surface area contributed by atoms with E-state index in [0.717, 1.165) is 22.3 Å². The van der Waals surface area contributed by atoms with E-state index in [2.05, 4.69) is 29.3 Å². The molecule has 1 heterocycles. The maximum atomic E-state index is 13.2. The molecule has 0 aromatic heterocycles. The molecule has 1 fully saturated rings. The summed E-state index contributed by atoms with van der Waals surface area (Å²) in [6.07, 6.45) is 0.303. The number of benzene rings is 2. The predicted molar refractivity (Wildman–Crippen MR) is 127 cm³/mol. The monoisotopic (exact) mass is 460 g/mol. The lowest BCUT2D eigenvalue weighted by atomic mass is 9.98. The van der Waals surface area contributed by atoms with Crippen LogP contribution in [-0.2, 0) is 14.3 Å². The number of ether oxygens (including phenoxy) is 1. The Labute approximate surface area is 199 Å². The number of carbonyl (C=O) groups excluding carboxylic acids is 2. The molecule has 0 saturated carbocycles. The summed E-state index contributed by atoms with van der Waals surface area (Å²) in [7, 11) is 0. The highest BCUT2D eigenvalue weighted by Gasteiger charge is 2.47. The molecule has 0 bridgehead atoms. The molecule has 0 radical (unpaired) electrons. The Kier molecular flexibility index (Phi) is 6.60. The number of carboxylic acid groups (broad SMARTS) is 1. The quantitative estimate of drug-likeness (QED) is 0.640. The lowest BCUT2D eigenvalue weighted by Gasteiger charge is -2.33. The molecule has 2 aromatic rings. The predicted octanol–water partition coefficient (Wildman–Crippen LogP) is 3.77. The number of amides is 2. The first-order valence-electron chi connectivity index (χ1n) is 11.4. The average Bonchev–Trinajstić information content (AvgIpc) is 3.39. The zero-order valence-electron chi connectivity index (χ0n) is 19.3. The molecular weight excluding hydrogens is 432 g/mol. The lowest BCUT2D eigenvalue weighted by molar-refractivity contribution is -0.156. The molecule has 2 aliphatic rings. The third-order valence-electron chi connectivity index (χ3n) is 6.78. The molecular formula is C27H28N2O5. The molecule has 1 saturated heterocycles. The van der Waals surface area contributed by atoms with Crippen molar-refractivity contribution in [1.29, 1.82) is 0 Å². The van der Waals surface area contributed by atoms with Crippen LogP contribution in [0.5, 0.6) is 0 Å². The van der Waals surface area contributed by atoms with Gasteiger partial charge in [0.1, 0.15) is 18.2 Å². The van der Waals surface area contributed by atoms with E-state index >= 15 is 0 Å². The van der Waals surface area contributed by atoms with Gasteiger partial charge in [-0.1, -0.05) is 48.5 Å². The van der Waals surface area contributed by atoms with E-state index in [9.17, 15) is 19.5 Å². The number of carboxylic acids is 1. The molecule has 1 aliphatic heterocycles. The number of aliphatic carboxylic acids is 1. The molecule has 1 aliphatic carbocycles. The molecule has 7 heteroatoms. The molecule has 2 N–H and O–H groups in total. The highest BCUT2D eigenvalue weighted by molar-refractivity contribution is 5.92. The van der Waals surface area contributed by atoms with Crippen molar-refractivity contribution in [1.82, 2.24) is 10.2 Å². The Morgan fingerprint density at radius 2 is 1.76 bits per heavy atom. The van der Waals surface area contributed by atoms with Gasteiger partial charge in [0.25, 0.3) is 0 Å². The Morgan fingerprint density at radius 1 is 1.15 bits per heavy atom. The van der Waals surface area contributed by atoms with E-state index in [0.29, 0.717) is 19.4 Å². The fourth-order valence-corrected chi connectivity index (χ4v) is 4.91. The number of nitrogens with one attached hydrogen (secondary N) is 1. The van der Waals surface area contributed by atoms with Crippen LogP contribution in [-0.4, -0.2) is 52.7 Å². The van der Waals surface area contributed by atoms with Crippen molar-refractivity contribution in [3.05, 3.63) is 59.7 Å². The molecule has 2 atom stereocenters. The van der Waals surface area contributed by atoms with Gasteiger partial charge in [-0.2, -0.15) is 0 Å². The fourth-order valence-electron chi connectivity index (χ4n) is 4.91. The van der Waals surface area contributed by atoms with Crippen LogP contribution in [0.3, 0.4) is 0 Å². The third kappa shape index (κ3) is 4.24. The zero-order chi connectivity index (χ0) is 24.3. The van der Waals surface area contributed by atoms with Crippen LogP contribution < -0.4 is 5.32 Å². The molecule has 176 valence electrons. The Balaban J connectivity index is 1.47. The van der Waals surface area contributed by atoms with Crippen molar-refractivity contribution >= 4 is 18.0 Å². The summed E-state index contributed by atoms with van der Waals surface area (Å²) >= 11 is 0. The molecule has 2 aromatic carbocycles. The van der Waals surface area contributed by atoms with E-state index < -0.39 is 29.6 Å². The van der Waals surface area contributed by atoms with Gasteiger partial charge >= 0.3 is 12.1 Å². The second-order valence-corrected chi connectivity index (χ2v) is 8.83. The van der Waals surface area contributed by atoms with Crippen LogP contribution in [0.15, 0.2) is 48.5 Å². The summed E-state index contributed by atoms with van der Waals surface area (Å²) in [4.78, 5) is 39.1. The summed E-state index contributed by atoms with van der Waals surface area (Å²) in [5.74, 6) is 3.94.